The molecule has 0 aliphatic carbocycles. The Labute approximate surface area is 73.1 Å². The topological polar surface area (TPSA) is 28.7 Å². The number of aromatic amines is 1. The minimum atomic E-state index is 0.419. The normalized spacial score (nSPS) is 10.7. The third kappa shape index (κ3) is 1.08. The zero-order valence-corrected chi connectivity index (χ0v) is 6.95. The van der Waals surface area contributed by atoms with Crippen LogP contribution < -0.4 is 0 Å². The van der Waals surface area contributed by atoms with Gasteiger partial charge >= 0.3 is 0 Å². The Morgan fingerprint density at radius 2 is 2.18 bits per heavy atom. The summed E-state index contributed by atoms with van der Waals surface area (Å²) in [4.78, 5) is 7.01. The van der Waals surface area contributed by atoms with Crippen molar-refractivity contribution in [1.82, 2.24) is 9.97 Å². The van der Waals surface area contributed by atoms with Gasteiger partial charge in [0, 0.05) is 6.20 Å². The van der Waals surface area contributed by atoms with Gasteiger partial charge in [-0.25, -0.2) is 4.98 Å². The Hall–Kier alpha value is -0.730. The van der Waals surface area contributed by atoms with Crippen LogP contribution in [0.2, 0.25) is 10.2 Å². The number of nitrogens with zero attached hydrogens (tertiary/aromatic N) is 1. The molecular formula is C7H4Cl2N2. The van der Waals surface area contributed by atoms with E-state index in [0.717, 1.165) is 11.0 Å². The first-order valence-electron chi connectivity index (χ1n) is 3.06. The van der Waals surface area contributed by atoms with Gasteiger partial charge < -0.3 is 4.98 Å². The van der Waals surface area contributed by atoms with Gasteiger partial charge in [-0.3, -0.25) is 0 Å². The van der Waals surface area contributed by atoms with Gasteiger partial charge in [0.2, 0.25) is 0 Å². The quantitative estimate of drug-likeness (QED) is 0.631. The van der Waals surface area contributed by atoms with Crippen molar-refractivity contribution >= 4 is 34.2 Å². The summed E-state index contributed by atoms with van der Waals surface area (Å²) >= 11 is 11.5. The maximum absolute atomic E-state index is 5.85. The highest BCUT2D eigenvalue weighted by molar-refractivity contribution is 6.37. The minimum Gasteiger partial charge on any atom is -0.359 e. The third-order valence-corrected chi connectivity index (χ3v) is 1.93. The molecule has 2 aromatic rings. The summed E-state index contributed by atoms with van der Waals surface area (Å²) in [5.41, 5.74) is 1.62. The van der Waals surface area contributed by atoms with Crippen LogP contribution in [0.1, 0.15) is 0 Å². The molecule has 0 radical (unpaired) electrons. The molecule has 0 fully saturated rings. The van der Waals surface area contributed by atoms with Crippen molar-refractivity contribution in [2.45, 2.75) is 0 Å². The van der Waals surface area contributed by atoms with Gasteiger partial charge in [-0.1, -0.05) is 23.2 Å². The van der Waals surface area contributed by atoms with Gasteiger partial charge in [0.15, 0.2) is 0 Å². The average Bonchev–Trinajstić information content (AvgIpc) is 2.34. The fraction of sp³-hybridized carbons (Fsp3) is 0. The molecule has 1 N–H and O–H groups in total. The molecule has 0 aromatic carbocycles. The standard InChI is InChI=1S/C7H4Cl2N2/c8-4-3-6(9)11-5-1-2-10-7(4)5/h1-3,10H. The number of halogens is 2. The fourth-order valence-corrected chi connectivity index (χ4v) is 1.48. The van der Waals surface area contributed by atoms with Crippen molar-refractivity contribution in [2.24, 2.45) is 0 Å². The van der Waals surface area contributed by atoms with Crippen LogP contribution in [0.4, 0.5) is 0 Å². The zero-order valence-electron chi connectivity index (χ0n) is 5.44. The molecule has 2 aromatic heterocycles. The lowest BCUT2D eigenvalue weighted by Crippen LogP contribution is -1.76. The Morgan fingerprint density at radius 3 is 3.00 bits per heavy atom. The molecule has 4 heteroatoms. The zero-order chi connectivity index (χ0) is 7.84. The summed E-state index contributed by atoms with van der Waals surface area (Å²) in [6, 6.07) is 3.44. The van der Waals surface area contributed by atoms with Crippen LogP contribution in [0.5, 0.6) is 0 Å². The Balaban J connectivity index is 2.91. The summed E-state index contributed by atoms with van der Waals surface area (Å²) in [6.45, 7) is 0. The number of fused-ring (bicyclic) bond motifs is 1. The number of H-pyrrole nitrogens is 1. The fourth-order valence-electron chi connectivity index (χ4n) is 0.970. The predicted octanol–water partition coefficient (Wildman–Crippen LogP) is 2.87. The third-order valence-electron chi connectivity index (χ3n) is 1.44. The molecule has 0 saturated carbocycles. The van der Waals surface area contributed by atoms with Crippen LogP contribution in [-0.4, -0.2) is 9.97 Å². The molecular weight excluding hydrogens is 183 g/mol. The number of hydrogen-bond donors (Lipinski definition) is 1. The minimum absolute atomic E-state index is 0.419. The van der Waals surface area contributed by atoms with Gasteiger partial charge in [0.1, 0.15) is 5.15 Å². The number of pyridine rings is 1. The Bertz CT molecular complexity index is 394. The van der Waals surface area contributed by atoms with Crippen LogP contribution in [0.25, 0.3) is 11.0 Å². The smallest absolute Gasteiger partial charge is 0.131 e. The molecule has 0 spiro atoms. The second-order valence-corrected chi connectivity index (χ2v) is 2.96. The molecule has 0 unspecified atom stereocenters. The number of rotatable bonds is 0. The van der Waals surface area contributed by atoms with Crippen molar-refractivity contribution in [3.63, 3.8) is 0 Å². The van der Waals surface area contributed by atoms with Crippen LogP contribution in [0.3, 0.4) is 0 Å². The molecule has 0 atom stereocenters. The monoisotopic (exact) mass is 186 g/mol. The summed E-state index contributed by atoms with van der Waals surface area (Å²) in [6.07, 6.45) is 1.78. The molecule has 0 amide bonds. The van der Waals surface area contributed by atoms with Crippen molar-refractivity contribution in [3.05, 3.63) is 28.5 Å². The largest absolute Gasteiger partial charge is 0.359 e. The Morgan fingerprint density at radius 1 is 1.36 bits per heavy atom. The lowest BCUT2D eigenvalue weighted by atomic mass is 10.4. The van der Waals surface area contributed by atoms with E-state index in [9.17, 15) is 0 Å². The first-order chi connectivity index (χ1) is 5.27. The second-order valence-electron chi connectivity index (χ2n) is 2.16. The number of aromatic nitrogens is 2. The van der Waals surface area contributed by atoms with E-state index in [0.29, 0.717) is 10.2 Å². The average molecular weight is 187 g/mol. The van der Waals surface area contributed by atoms with Crippen molar-refractivity contribution in [2.75, 3.05) is 0 Å². The summed E-state index contributed by atoms with van der Waals surface area (Å²) in [5, 5.41) is 1.02. The Kier molecular flexibility index (Phi) is 1.51. The van der Waals surface area contributed by atoms with Crippen molar-refractivity contribution in [1.29, 1.82) is 0 Å². The van der Waals surface area contributed by atoms with Crippen molar-refractivity contribution in [3.8, 4) is 0 Å². The molecule has 0 saturated heterocycles. The highest BCUT2D eigenvalue weighted by Crippen LogP contribution is 2.23. The van der Waals surface area contributed by atoms with Crippen LogP contribution in [-0.2, 0) is 0 Å². The van der Waals surface area contributed by atoms with E-state index in [4.69, 9.17) is 23.2 Å². The highest BCUT2D eigenvalue weighted by atomic mass is 35.5. The SMILES string of the molecule is Clc1cc(Cl)c2[nH]ccc2n1. The molecule has 0 aliphatic heterocycles. The van der Waals surface area contributed by atoms with Gasteiger partial charge in [-0.2, -0.15) is 0 Å². The summed E-state index contributed by atoms with van der Waals surface area (Å²) in [5.74, 6) is 0. The maximum Gasteiger partial charge on any atom is 0.131 e. The van der Waals surface area contributed by atoms with Gasteiger partial charge in [0.25, 0.3) is 0 Å². The van der Waals surface area contributed by atoms with Crippen LogP contribution in [0, 0.1) is 0 Å². The van der Waals surface area contributed by atoms with Crippen LogP contribution >= 0.6 is 23.2 Å². The maximum atomic E-state index is 5.85. The number of nitrogens with one attached hydrogen (secondary N) is 1. The van der Waals surface area contributed by atoms with E-state index in [1.165, 1.54) is 0 Å². The first kappa shape index (κ1) is 6.95. The molecule has 0 aliphatic rings. The van der Waals surface area contributed by atoms with E-state index in [1.807, 2.05) is 6.07 Å². The van der Waals surface area contributed by atoms with E-state index < -0.39 is 0 Å². The number of hydrogen-bond acceptors (Lipinski definition) is 1. The summed E-state index contributed by atoms with van der Waals surface area (Å²) in [7, 11) is 0. The molecule has 2 rings (SSSR count). The van der Waals surface area contributed by atoms with Crippen LogP contribution in [0.15, 0.2) is 18.3 Å². The van der Waals surface area contributed by atoms with Gasteiger partial charge in [0.05, 0.1) is 16.1 Å². The molecule has 2 heterocycles. The van der Waals surface area contributed by atoms with E-state index in [2.05, 4.69) is 9.97 Å². The van der Waals surface area contributed by atoms with E-state index in [-0.39, 0.29) is 0 Å². The molecule has 0 bridgehead atoms. The molecule has 2 nitrogen and oxygen atoms in total. The first-order valence-corrected chi connectivity index (χ1v) is 3.82. The highest BCUT2D eigenvalue weighted by Gasteiger charge is 2.01. The second kappa shape index (κ2) is 2.40. The predicted molar refractivity (Wildman–Crippen MR) is 46.1 cm³/mol. The van der Waals surface area contributed by atoms with Crippen molar-refractivity contribution < 1.29 is 0 Å². The van der Waals surface area contributed by atoms with E-state index in [1.54, 1.807) is 12.3 Å². The molecule has 11 heavy (non-hydrogen) atoms. The van der Waals surface area contributed by atoms with E-state index >= 15 is 0 Å². The lowest BCUT2D eigenvalue weighted by molar-refractivity contribution is 1.40. The lowest BCUT2D eigenvalue weighted by Gasteiger charge is -1.93. The van der Waals surface area contributed by atoms with Gasteiger partial charge in [-0.05, 0) is 12.1 Å². The summed E-state index contributed by atoms with van der Waals surface area (Å²) < 4.78 is 0. The molecule has 56 valence electrons. The van der Waals surface area contributed by atoms with Gasteiger partial charge in [-0.15, -0.1) is 0 Å².